The van der Waals surface area contributed by atoms with Crippen LogP contribution in [0.5, 0.6) is 5.75 Å². The third-order valence-electron chi connectivity index (χ3n) is 4.20. The number of aryl methyl sites for hydroxylation is 2. The van der Waals surface area contributed by atoms with Gasteiger partial charge in [-0.2, -0.15) is 0 Å². The number of rotatable bonds is 8. The fourth-order valence-corrected chi connectivity index (χ4v) is 3.04. The topological polar surface area (TPSA) is 70.7 Å². The summed E-state index contributed by atoms with van der Waals surface area (Å²) in [7, 11) is 0. The maximum absolute atomic E-state index is 12.1. The van der Waals surface area contributed by atoms with Gasteiger partial charge in [0.1, 0.15) is 18.9 Å². The Bertz CT molecular complexity index is 583. The molecule has 0 aromatic heterocycles. The van der Waals surface area contributed by atoms with E-state index >= 15 is 0 Å². The molecular formula is C19H29N3O3. The Kier molecular flexibility index (Phi) is 7.25. The molecule has 1 unspecified atom stereocenters. The highest BCUT2D eigenvalue weighted by atomic mass is 16.5. The molecule has 0 radical (unpaired) electrons. The van der Waals surface area contributed by atoms with Crippen molar-refractivity contribution in [3.8, 4) is 5.75 Å². The van der Waals surface area contributed by atoms with Gasteiger partial charge in [0.2, 0.25) is 11.8 Å². The largest absolute Gasteiger partial charge is 0.492 e. The smallest absolute Gasteiger partial charge is 0.239 e. The average Bonchev–Trinajstić information content (AvgIpc) is 2.54. The molecule has 2 N–H and O–H groups in total. The van der Waals surface area contributed by atoms with Crippen molar-refractivity contribution in [2.75, 3.05) is 26.4 Å². The maximum Gasteiger partial charge on any atom is 0.239 e. The van der Waals surface area contributed by atoms with Crippen LogP contribution in [0.4, 0.5) is 0 Å². The van der Waals surface area contributed by atoms with Crippen LogP contribution in [0.3, 0.4) is 0 Å². The van der Waals surface area contributed by atoms with Gasteiger partial charge in [-0.3, -0.25) is 14.9 Å². The van der Waals surface area contributed by atoms with Crippen LogP contribution in [0, 0.1) is 13.8 Å². The summed E-state index contributed by atoms with van der Waals surface area (Å²) < 4.78 is 5.66. The van der Waals surface area contributed by atoms with E-state index in [1.807, 2.05) is 26.0 Å². The summed E-state index contributed by atoms with van der Waals surface area (Å²) in [4.78, 5) is 25.6. The molecule has 1 saturated heterocycles. The summed E-state index contributed by atoms with van der Waals surface area (Å²) in [5, 5.41) is 6.11. The van der Waals surface area contributed by atoms with Gasteiger partial charge >= 0.3 is 0 Å². The minimum Gasteiger partial charge on any atom is -0.492 e. The second kappa shape index (κ2) is 9.42. The van der Waals surface area contributed by atoms with Gasteiger partial charge in [-0.05, 0) is 43.5 Å². The molecule has 2 rings (SSSR count). The zero-order valence-corrected chi connectivity index (χ0v) is 15.4. The third-order valence-corrected chi connectivity index (χ3v) is 4.20. The lowest BCUT2D eigenvalue weighted by atomic mass is 10.1. The fourth-order valence-electron chi connectivity index (χ4n) is 3.04. The Morgan fingerprint density at radius 2 is 2.04 bits per heavy atom. The Morgan fingerprint density at radius 1 is 1.32 bits per heavy atom. The monoisotopic (exact) mass is 347 g/mol. The lowest BCUT2D eigenvalue weighted by Gasteiger charge is -2.32. The van der Waals surface area contributed by atoms with Crippen molar-refractivity contribution in [2.45, 2.75) is 46.1 Å². The van der Waals surface area contributed by atoms with Crippen LogP contribution in [-0.2, 0) is 9.59 Å². The van der Waals surface area contributed by atoms with Gasteiger partial charge in [-0.15, -0.1) is 0 Å². The Hall–Kier alpha value is -2.08. The predicted octanol–water partition coefficient (Wildman–Crippen LogP) is 1.75. The van der Waals surface area contributed by atoms with Crippen molar-refractivity contribution in [1.82, 2.24) is 15.5 Å². The summed E-state index contributed by atoms with van der Waals surface area (Å²) >= 11 is 0. The Labute approximate surface area is 149 Å². The summed E-state index contributed by atoms with van der Waals surface area (Å²) in [5.41, 5.74) is 2.30. The van der Waals surface area contributed by atoms with Crippen LogP contribution in [0.15, 0.2) is 18.2 Å². The molecule has 0 spiro atoms. The highest BCUT2D eigenvalue weighted by Crippen LogP contribution is 2.15. The molecule has 1 aromatic carbocycles. The fraction of sp³-hybridized carbons (Fsp3) is 0.579. The first kappa shape index (κ1) is 19.2. The van der Waals surface area contributed by atoms with Crippen molar-refractivity contribution in [1.29, 1.82) is 0 Å². The van der Waals surface area contributed by atoms with E-state index in [4.69, 9.17) is 4.74 Å². The number of carbonyl (C=O) groups is 2. The van der Waals surface area contributed by atoms with E-state index in [-0.39, 0.29) is 24.4 Å². The Balaban J connectivity index is 1.66. The maximum atomic E-state index is 12.1. The van der Waals surface area contributed by atoms with Crippen LogP contribution in [0.1, 0.15) is 37.3 Å². The molecule has 6 heteroatoms. The minimum atomic E-state index is -0.159. The number of nitrogens with one attached hydrogen (secondary N) is 2. The summed E-state index contributed by atoms with van der Waals surface area (Å²) in [5.74, 6) is 0.691. The highest BCUT2D eigenvalue weighted by molar-refractivity contribution is 5.85. The van der Waals surface area contributed by atoms with Gasteiger partial charge in [0.25, 0.3) is 0 Å². The van der Waals surface area contributed by atoms with E-state index in [2.05, 4.69) is 23.6 Å². The molecule has 1 aromatic rings. The molecule has 1 atom stereocenters. The number of ether oxygens (including phenoxy) is 1. The van der Waals surface area contributed by atoms with Gasteiger partial charge in [-0.1, -0.05) is 19.4 Å². The molecule has 1 aliphatic rings. The van der Waals surface area contributed by atoms with Crippen LogP contribution >= 0.6 is 0 Å². The van der Waals surface area contributed by atoms with Crippen LogP contribution < -0.4 is 15.4 Å². The number of amides is 2. The standard InChI is InChI=1S/C19H29N3O3/c1-4-5-16-11-19(24)22(13-21-16)12-18(23)20-6-7-25-17-9-14(2)8-15(3)10-17/h8-10,16,21H,4-7,11-13H2,1-3H3,(H,20,23). The summed E-state index contributed by atoms with van der Waals surface area (Å²) in [6, 6.07) is 6.27. The second-order valence-corrected chi connectivity index (χ2v) is 6.67. The molecule has 138 valence electrons. The molecular weight excluding hydrogens is 318 g/mol. The van der Waals surface area contributed by atoms with Gasteiger partial charge in [-0.25, -0.2) is 0 Å². The van der Waals surface area contributed by atoms with Gasteiger partial charge < -0.3 is 15.0 Å². The number of nitrogens with zero attached hydrogens (tertiary/aromatic N) is 1. The van der Waals surface area contributed by atoms with E-state index in [0.29, 0.717) is 26.2 Å². The Morgan fingerprint density at radius 3 is 2.68 bits per heavy atom. The summed E-state index contributed by atoms with van der Waals surface area (Å²) in [6.07, 6.45) is 2.50. The van der Waals surface area contributed by atoms with E-state index in [1.54, 1.807) is 4.90 Å². The predicted molar refractivity (Wildman–Crippen MR) is 97.4 cm³/mol. The third kappa shape index (κ3) is 6.38. The average molecular weight is 347 g/mol. The van der Waals surface area contributed by atoms with Crippen LogP contribution in [-0.4, -0.2) is 49.1 Å². The molecule has 1 heterocycles. The first-order chi connectivity index (χ1) is 12.0. The minimum absolute atomic E-state index is 0.0406. The molecule has 0 aliphatic carbocycles. The number of hydrogen-bond donors (Lipinski definition) is 2. The first-order valence-corrected chi connectivity index (χ1v) is 8.97. The van der Waals surface area contributed by atoms with Gasteiger partial charge in [0.05, 0.1) is 13.2 Å². The van der Waals surface area contributed by atoms with Crippen molar-refractivity contribution in [3.05, 3.63) is 29.3 Å². The molecule has 2 amide bonds. The van der Waals surface area contributed by atoms with Gasteiger partial charge in [0, 0.05) is 12.5 Å². The van der Waals surface area contributed by atoms with Crippen LogP contribution in [0.25, 0.3) is 0 Å². The van der Waals surface area contributed by atoms with Crippen molar-refractivity contribution < 1.29 is 14.3 Å². The molecule has 6 nitrogen and oxygen atoms in total. The molecule has 0 bridgehead atoms. The quantitative estimate of drug-likeness (QED) is 0.703. The lowest BCUT2D eigenvalue weighted by Crippen LogP contribution is -2.53. The molecule has 25 heavy (non-hydrogen) atoms. The zero-order chi connectivity index (χ0) is 18.2. The van der Waals surface area contributed by atoms with E-state index < -0.39 is 0 Å². The van der Waals surface area contributed by atoms with E-state index in [0.717, 1.165) is 29.7 Å². The molecule has 1 fully saturated rings. The SMILES string of the molecule is CCCC1CC(=O)N(CC(=O)NCCOc2cc(C)cc(C)c2)CN1. The number of benzene rings is 1. The van der Waals surface area contributed by atoms with Crippen molar-refractivity contribution >= 4 is 11.8 Å². The van der Waals surface area contributed by atoms with Gasteiger partial charge in [0.15, 0.2) is 0 Å². The number of carbonyl (C=O) groups excluding carboxylic acids is 2. The van der Waals surface area contributed by atoms with E-state index in [9.17, 15) is 9.59 Å². The zero-order valence-electron chi connectivity index (χ0n) is 15.4. The van der Waals surface area contributed by atoms with Crippen molar-refractivity contribution in [2.24, 2.45) is 0 Å². The number of hydrogen-bond acceptors (Lipinski definition) is 4. The van der Waals surface area contributed by atoms with E-state index in [1.165, 1.54) is 0 Å². The highest BCUT2D eigenvalue weighted by Gasteiger charge is 2.25. The second-order valence-electron chi connectivity index (χ2n) is 6.67. The lowest BCUT2D eigenvalue weighted by molar-refractivity contribution is -0.139. The molecule has 0 saturated carbocycles. The van der Waals surface area contributed by atoms with Crippen molar-refractivity contribution in [3.63, 3.8) is 0 Å². The van der Waals surface area contributed by atoms with Crippen LogP contribution in [0.2, 0.25) is 0 Å². The molecule has 1 aliphatic heterocycles. The normalized spacial score (nSPS) is 17.5. The summed E-state index contributed by atoms with van der Waals surface area (Å²) in [6.45, 7) is 7.50. The first-order valence-electron chi connectivity index (χ1n) is 8.97.